The maximum atomic E-state index is 12.2. The van der Waals surface area contributed by atoms with Gasteiger partial charge in [0.2, 0.25) is 0 Å². The topological polar surface area (TPSA) is 52.9 Å². The van der Waals surface area contributed by atoms with Gasteiger partial charge in [0.1, 0.15) is 11.6 Å². The maximum absolute atomic E-state index is 12.2. The molecule has 0 spiro atoms. The highest BCUT2D eigenvalue weighted by atomic mass is 127. The van der Waals surface area contributed by atoms with Gasteiger partial charge in [0, 0.05) is 9.26 Å². The van der Waals surface area contributed by atoms with Crippen LogP contribution in [0.15, 0.2) is 54.1 Å². The van der Waals surface area contributed by atoms with Crippen LogP contribution in [0.2, 0.25) is 0 Å². The number of halogens is 1. The Labute approximate surface area is 137 Å². The van der Waals surface area contributed by atoms with E-state index in [4.69, 9.17) is 0 Å². The third kappa shape index (κ3) is 4.17. The zero-order valence-electron chi connectivity index (χ0n) is 11.4. The van der Waals surface area contributed by atoms with Crippen molar-refractivity contribution in [3.63, 3.8) is 0 Å². The molecule has 2 rings (SSSR count). The van der Waals surface area contributed by atoms with Gasteiger partial charge in [-0.1, -0.05) is 30.3 Å². The first-order chi connectivity index (χ1) is 10.1. The smallest absolute Gasteiger partial charge is 0.266 e. The molecule has 21 heavy (non-hydrogen) atoms. The van der Waals surface area contributed by atoms with E-state index in [2.05, 4.69) is 27.9 Å². The minimum absolute atomic E-state index is 0.0828. The molecule has 0 atom stereocenters. The third-order valence-electron chi connectivity index (χ3n) is 2.94. The minimum atomic E-state index is -0.398. The molecular weight excluding hydrogens is 375 g/mol. The lowest BCUT2D eigenvalue weighted by Crippen LogP contribution is -2.14. The second-order valence-corrected chi connectivity index (χ2v) is 5.74. The molecule has 0 aliphatic carbocycles. The van der Waals surface area contributed by atoms with Crippen molar-refractivity contribution in [2.45, 2.75) is 6.92 Å². The van der Waals surface area contributed by atoms with E-state index >= 15 is 0 Å². The number of hydrogen-bond donors (Lipinski definition) is 1. The Balaban J connectivity index is 2.21. The molecule has 0 unspecified atom stereocenters. The number of hydrogen-bond acceptors (Lipinski definition) is 2. The second-order valence-electron chi connectivity index (χ2n) is 4.49. The second kappa shape index (κ2) is 7.04. The molecule has 1 amide bonds. The number of nitriles is 1. The van der Waals surface area contributed by atoms with Crippen molar-refractivity contribution in [2.24, 2.45) is 0 Å². The van der Waals surface area contributed by atoms with E-state index in [1.54, 1.807) is 6.08 Å². The highest BCUT2D eigenvalue weighted by Gasteiger charge is 2.10. The zero-order chi connectivity index (χ0) is 15.2. The third-order valence-corrected chi connectivity index (χ3v) is 3.66. The maximum Gasteiger partial charge on any atom is 0.266 e. The van der Waals surface area contributed by atoms with E-state index < -0.39 is 5.91 Å². The molecule has 0 fully saturated rings. The lowest BCUT2D eigenvalue weighted by Gasteiger charge is -2.07. The number of rotatable bonds is 3. The fourth-order valence-corrected chi connectivity index (χ4v) is 2.14. The van der Waals surface area contributed by atoms with Crippen molar-refractivity contribution in [3.8, 4) is 6.07 Å². The Morgan fingerprint density at radius 3 is 2.48 bits per heavy atom. The first kappa shape index (κ1) is 15.3. The number of carbonyl (C=O) groups excluding carboxylic acids is 1. The SMILES string of the molecule is Cc1ccccc1NC(=O)/C(C#N)=C\c1ccc(I)cc1. The van der Waals surface area contributed by atoms with E-state index in [1.165, 1.54) is 0 Å². The largest absolute Gasteiger partial charge is 0.321 e. The number of carbonyl (C=O) groups is 1. The lowest BCUT2D eigenvalue weighted by atomic mass is 10.1. The predicted octanol–water partition coefficient (Wildman–Crippen LogP) is 4.15. The Morgan fingerprint density at radius 2 is 1.86 bits per heavy atom. The molecule has 0 aliphatic rings. The molecule has 2 aromatic rings. The summed E-state index contributed by atoms with van der Waals surface area (Å²) in [6, 6.07) is 17.0. The zero-order valence-corrected chi connectivity index (χ0v) is 13.6. The molecule has 0 saturated carbocycles. The first-order valence-corrected chi connectivity index (χ1v) is 7.42. The van der Waals surface area contributed by atoms with Crippen LogP contribution in [0.1, 0.15) is 11.1 Å². The number of para-hydroxylation sites is 1. The Morgan fingerprint density at radius 1 is 1.19 bits per heavy atom. The van der Waals surface area contributed by atoms with Gasteiger partial charge in [-0.25, -0.2) is 0 Å². The lowest BCUT2D eigenvalue weighted by molar-refractivity contribution is -0.112. The van der Waals surface area contributed by atoms with Crippen LogP contribution in [0.4, 0.5) is 5.69 Å². The number of benzene rings is 2. The summed E-state index contributed by atoms with van der Waals surface area (Å²) in [6.07, 6.45) is 1.59. The summed E-state index contributed by atoms with van der Waals surface area (Å²) in [6.45, 7) is 1.91. The van der Waals surface area contributed by atoms with Crippen LogP contribution in [-0.4, -0.2) is 5.91 Å². The van der Waals surface area contributed by atoms with Crippen molar-refractivity contribution in [2.75, 3.05) is 5.32 Å². The summed E-state index contributed by atoms with van der Waals surface area (Å²) in [5.74, 6) is -0.398. The van der Waals surface area contributed by atoms with Crippen LogP contribution in [-0.2, 0) is 4.79 Å². The standard InChI is InChI=1S/C17H13IN2O/c1-12-4-2-3-5-16(12)20-17(21)14(11-19)10-13-6-8-15(18)9-7-13/h2-10H,1H3,(H,20,21)/b14-10-. The van der Waals surface area contributed by atoms with Crippen molar-refractivity contribution < 1.29 is 4.79 Å². The molecule has 0 aliphatic heterocycles. The predicted molar refractivity (Wildman–Crippen MR) is 92.6 cm³/mol. The molecule has 0 saturated heterocycles. The van der Waals surface area contributed by atoms with Gasteiger partial charge in [0.05, 0.1) is 0 Å². The number of anilines is 1. The Kier molecular flexibility index (Phi) is 5.12. The van der Waals surface area contributed by atoms with E-state index in [9.17, 15) is 10.1 Å². The summed E-state index contributed by atoms with van der Waals surface area (Å²) in [4.78, 5) is 12.2. The fourth-order valence-electron chi connectivity index (χ4n) is 1.78. The van der Waals surface area contributed by atoms with Gasteiger partial charge in [-0.3, -0.25) is 4.79 Å². The summed E-state index contributed by atoms with van der Waals surface area (Å²) < 4.78 is 1.10. The van der Waals surface area contributed by atoms with Gasteiger partial charge in [0.15, 0.2) is 0 Å². The Hall–Kier alpha value is -2.13. The minimum Gasteiger partial charge on any atom is -0.321 e. The van der Waals surface area contributed by atoms with Gasteiger partial charge < -0.3 is 5.32 Å². The van der Waals surface area contributed by atoms with Crippen LogP contribution < -0.4 is 5.32 Å². The van der Waals surface area contributed by atoms with Gasteiger partial charge >= 0.3 is 0 Å². The summed E-state index contributed by atoms with van der Waals surface area (Å²) in [7, 11) is 0. The van der Waals surface area contributed by atoms with Crippen LogP contribution >= 0.6 is 22.6 Å². The van der Waals surface area contributed by atoms with Crippen molar-refractivity contribution >= 4 is 40.3 Å². The monoisotopic (exact) mass is 388 g/mol. The molecule has 4 heteroatoms. The number of amides is 1. The van der Waals surface area contributed by atoms with Crippen LogP contribution in [0.3, 0.4) is 0 Å². The number of nitrogens with one attached hydrogen (secondary N) is 1. The molecule has 3 nitrogen and oxygen atoms in total. The molecule has 1 N–H and O–H groups in total. The average Bonchev–Trinajstić information content (AvgIpc) is 2.49. The van der Waals surface area contributed by atoms with E-state index in [0.29, 0.717) is 5.69 Å². The van der Waals surface area contributed by atoms with Crippen LogP contribution in [0.25, 0.3) is 6.08 Å². The highest BCUT2D eigenvalue weighted by molar-refractivity contribution is 14.1. The summed E-state index contributed by atoms with van der Waals surface area (Å²) >= 11 is 2.21. The fraction of sp³-hybridized carbons (Fsp3) is 0.0588. The first-order valence-electron chi connectivity index (χ1n) is 6.34. The Bertz CT molecular complexity index is 727. The molecule has 0 heterocycles. The van der Waals surface area contributed by atoms with Crippen LogP contribution in [0.5, 0.6) is 0 Å². The van der Waals surface area contributed by atoms with Gasteiger partial charge in [-0.15, -0.1) is 0 Å². The van der Waals surface area contributed by atoms with E-state index in [0.717, 1.165) is 14.7 Å². The van der Waals surface area contributed by atoms with E-state index in [1.807, 2.05) is 61.5 Å². The van der Waals surface area contributed by atoms with Gasteiger partial charge in [-0.2, -0.15) is 5.26 Å². The molecule has 0 bridgehead atoms. The van der Waals surface area contributed by atoms with E-state index in [-0.39, 0.29) is 5.57 Å². The van der Waals surface area contributed by atoms with Gasteiger partial charge in [-0.05, 0) is 64.9 Å². The molecule has 0 radical (unpaired) electrons. The summed E-state index contributed by atoms with van der Waals surface area (Å²) in [5, 5.41) is 11.9. The normalized spacial score (nSPS) is 10.8. The van der Waals surface area contributed by atoms with Crippen molar-refractivity contribution in [3.05, 3.63) is 68.8 Å². The van der Waals surface area contributed by atoms with Crippen molar-refractivity contribution in [1.29, 1.82) is 5.26 Å². The van der Waals surface area contributed by atoms with Crippen LogP contribution in [0, 0.1) is 21.8 Å². The summed E-state index contributed by atoms with van der Waals surface area (Å²) in [5.41, 5.74) is 2.58. The highest BCUT2D eigenvalue weighted by Crippen LogP contribution is 2.16. The molecule has 104 valence electrons. The van der Waals surface area contributed by atoms with Gasteiger partial charge in [0.25, 0.3) is 5.91 Å². The molecule has 2 aromatic carbocycles. The quantitative estimate of drug-likeness (QED) is 0.488. The van der Waals surface area contributed by atoms with Crippen molar-refractivity contribution in [1.82, 2.24) is 0 Å². The molecular formula is C17H13IN2O. The number of aryl methyl sites for hydroxylation is 1. The average molecular weight is 388 g/mol. The molecule has 0 aromatic heterocycles. The number of nitrogens with zero attached hydrogens (tertiary/aromatic N) is 1.